The summed E-state index contributed by atoms with van der Waals surface area (Å²) in [5, 5.41) is 17.6. The first-order valence-electron chi connectivity index (χ1n) is 4.65. The van der Waals surface area contributed by atoms with E-state index in [0.29, 0.717) is 10.8 Å². The maximum atomic E-state index is 5.87. The van der Waals surface area contributed by atoms with Crippen LogP contribution in [-0.4, -0.2) is 33.9 Å². The maximum Gasteiger partial charge on any atom is 0.283 e. The third kappa shape index (κ3) is 2.91. The lowest BCUT2D eigenvalue weighted by Crippen LogP contribution is -1.95. The summed E-state index contributed by atoms with van der Waals surface area (Å²) < 4.78 is 5.16. The summed E-state index contributed by atoms with van der Waals surface area (Å²) in [6.45, 7) is 0. The Hall–Kier alpha value is -2.15. The highest BCUT2D eigenvalue weighted by atomic mass is 35.5. The third-order valence-electron chi connectivity index (χ3n) is 1.91. The van der Waals surface area contributed by atoms with Crippen molar-refractivity contribution in [1.29, 1.82) is 0 Å². The van der Waals surface area contributed by atoms with Gasteiger partial charge in [0.1, 0.15) is 5.75 Å². The van der Waals surface area contributed by atoms with Gasteiger partial charge >= 0.3 is 0 Å². The number of anilines is 1. The molecule has 8 heteroatoms. The second kappa shape index (κ2) is 5.26. The number of methoxy groups -OCH3 is 1. The SMILES string of the molecule is COc1ccc(Cl)cc1C=NNc1nn[nH]n1. The van der Waals surface area contributed by atoms with Crippen LogP contribution in [0.5, 0.6) is 5.75 Å². The molecular weight excluding hydrogens is 244 g/mol. The fourth-order valence-electron chi connectivity index (χ4n) is 1.17. The second-order valence-electron chi connectivity index (χ2n) is 2.99. The zero-order chi connectivity index (χ0) is 12.1. The van der Waals surface area contributed by atoms with E-state index in [0.717, 1.165) is 5.56 Å². The Labute approximate surface area is 102 Å². The van der Waals surface area contributed by atoms with Gasteiger partial charge in [0.2, 0.25) is 0 Å². The van der Waals surface area contributed by atoms with E-state index in [9.17, 15) is 0 Å². The first-order chi connectivity index (χ1) is 8.29. The van der Waals surface area contributed by atoms with Crippen molar-refractivity contribution < 1.29 is 4.74 Å². The molecular formula is C9H9ClN6O. The summed E-state index contributed by atoms with van der Waals surface area (Å²) in [4.78, 5) is 0. The minimum Gasteiger partial charge on any atom is -0.496 e. The Kier molecular flexibility index (Phi) is 3.51. The van der Waals surface area contributed by atoms with E-state index in [1.165, 1.54) is 0 Å². The predicted molar refractivity (Wildman–Crippen MR) is 63.4 cm³/mol. The van der Waals surface area contributed by atoms with Gasteiger partial charge in [-0.25, -0.2) is 5.43 Å². The van der Waals surface area contributed by atoms with Gasteiger partial charge in [-0.3, -0.25) is 0 Å². The largest absolute Gasteiger partial charge is 0.496 e. The van der Waals surface area contributed by atoms with Crippen LogP contribution in [0.2, 0.25) is 5.02 Å². The number of nitrogens with one attached hydrogen (secondary N) is 2. The van der Waals surface area contributed by atoms with E-state index in [1.807, 2.05) is 0 Å². The van der Waals surface area contributed by atoms with Crippen LogP contribution < -0.4 is 10.2 Å². The topological polar surface area (TPSA) is 88.1 Å². The molecule has 1 aromatic heterocycles. The molecule has 0 radical (unpaired) electrons. The summed E-state index contributed by atoms with van der Waals surface area (Å²) in [7, 11) is 1.58. The number of tetrazole rings is 1. The van der Waals surface area contributed by atoms with Crippen molar-refractivity contribution in [3.63, 3.8) is 0 Å². The summed E-state index contributed by atoms with van der Waals surface area (Å²) in [6.07, 6.45) is 1.56. The van der Waals surface area contributed by atoms with Crippen LogP contribution >= 0.6 is 11.6 Å². The van der Waals surface area contributed by atoms with Crippen LogP contribution in [0.3, 0.4) is 0 Å². The highest BCUT2D eigenvalue weighted by molar-refractivity contribution is 6.30. The van der Waals surface area contributed by atoms with Gasteiger partial charge in [0.25, 0.3) is 5.95 Å². The van der Waals surface area contributed by atoms with E-state index >= 15 is 0 Å². The molecule has 0 bridgehead atoms. The summed E-state index contributed by atoms with van der Waals surface area (Å²) >= 11 is 5.87. The highest BCUT2D eigenvalue weighted by Crippen LogP contribution is 2.20. The molecule has 0 fully saturated rings. The molecule has 0 unspecified atom stereocenters. The molecule has 2 aromatic rings. The Balaban J connectivity index is 2.12. The molecule has 1 heterocycles. The molecule has 0 atom stereocenters. The van der Waals surface area contributed by atoms with Crippen molar-refractivity contribution in [2.75, 3.05) is 12.5 Å². The second-order valence-corrected chi connectivity index (χ2v) is 3.43. The van der Waals surface area contributed by atoms with E-state index in [2.05, 4.69) is 31.2 Å². The van der Waals surface area contributed by atoms with Gasteiger partial charge in [0, 0.05) is 10.6 Å². The monoisotopic (exact) mass is 252 g/mol. The standard InChI is InChI=1S/C9H9ClN6O/c1-17-8-3-2-7(10)4-6(8)5-11-12-9-13-15-16-14-9/h2-5H,1H3,(H2,12,13,14,15,16). The van der Waals surface area contributed by atoms with Gasteiger partial charge < -0.3 is 4.74 Å². The predicted octanol–water partition coefficient (Wildman–Crippen LogP) is 1.31. The zero-order valence-corrected chi connectivity index (χ0v) is 9.64. The highest BCUT2D eigenvalue weighted by Gasteiger charge is 2.01. The smallest absolute Gasteiger partial charge is 0.283 e. The van der Waals surface area contributed by atoms with Gasteiger partial charge in [-0.15, -0.1) is 5.10 Å². The number of aromatic amines is 1. The maximum absolute atomic E-state index is 5.87. The van der Waals surface area contributed by atoms with Crippen molar-refractivity contribution in [3.05, 3.63) is 28.8 Å². The van der Waals surface area contributed by atoms with Crippen LogP contribution in [0, 0.1) is 0 Å². The fourth-order valence-corrected chi connectivity index (χ4v) is 1.36. The zero-order valence-electron chi connectivity index (χ0n) is 8.88. The molecule has 0 aliphatic rings. The minimum atomic E-state index is 0.280. The summed E-state index contributed by atoms with van der Waals surface area (Å²) in [5.41, 5.74) is 3.35. The molecule has 1 aromatic carbocycles. The van der Waals surface area contributed by atoms with Crippen LogP contribution in [-0.2, 0) is 0 Å². The van der Waals surface area contributed by atoms with E-state index in [-0.39, 0.29) is 5.95 Å². The lowest BCUT2D eigenvalue weighted by atomic mass is 10.2. The normalized spacial score (nSPS) is 10.7. The van der Waals surface area contributed by atoms with Crippen molar-refractivity contribution in [2.45, 2.75) is 0 Å². The van der Waals surface area contributed by atoms with Gasteiger partial charge in [-0.05, 0) is 23.4 Å². The molecule has 88 valence electrons. The molecule has 0 aliphatic heterocycles. The van der Waals surface area contributed by atoms with Gasteiger partial charge in [0.15, 0.2) is 0 Å². The van der Waals surface area contributed by atoms with Gasteiger partial charge in [-0.2, -0.15) is 10.3 Å². The van der Waals surface area contributed by atoms with E-state index < -0.39 is 0 Å². The first kappa shape index (κ1) is 11.3. The van der Waals surface area contributed by atoms with Gasteiger partial charge in [0.05, 0.1) is 13.3 Å². The Morgan fingerprint density at radius 2 is 2.41 bits per heavy atom. The molecule has 0 saturated carbocycles. The van der Waals surface area contributed by atoms with E-state index in [4.69, 9.17) is 16.3 Å². The number of hydrogen-bond acceptors (Lipinski definition) is 6. The number of rotatable bonds is 4. The summed E-state index contributed by atoms with van der Waals surface area (Å²) in [5.74, 6) is 0.954. The van der Waals surface area contributed by atoms with Crippen molar-refractivity contribution in [2.24, 2.45) is 5.10 Å². The summed E-state index contributed by atoms with van der Waals surface area (Å²) in [6, 6.07) is 5.24. The number of aromatic nitrogens is 4. The van der Waals surface area contributed by atoms with Crippen LogP contribution in [0.1, 0.15) is 5.56 Å². The molecule has 7 nitrogen and oxygen atoms in total. The number of hydrogen-bond donors (Lipinski definition) is 2. The van der Waals surface area contributed by atoms with Crippen LogP contribution in [0.4, 0.5) is 5.95 Å². The number of nitrogens with zero attached hydrogens (tertiary/aromatic N) is 4. The van der Waals surface area contributed by atoms with Crippen molar-refractivity contribution in [1.82, 2.24) is 20.6 Å². The number of benzene rings is 1. The van der Waals surface area contributed by atoms with E-state index in [1.54, 1.807) is 31.5 Å². The number of ether oxygens (including phenoxy) is 1. The lowest BCUT2D eigenvalue weighted by Gasteiger charge is -2.03. The Bertz CT molecular complexity index is 512. The molecule has 17 heavy (non-hydrogen) atoms. The Morgan fingerprint density at radius 3 is 3.12 bits per heavy atom. The van der Waals surface area contributed by atoms with Crippen LogP contribution in [0.15, 0.2) is 23.3 Å². The molecule has 0 saturated heterocycles. The average molecular weight is 253 g/mol. The fraction of sp³-hybridized carbons (Fsp3) is 0.111. The minimum absolute atomic E-state index is 0.280. The molecule has 0 aliphatic carbocycles. The average Bonchev–Trinajstić information content (AvgIpc) is 2.82. The molecule has 0 spiro atoms. The molecule has 2 N–H and O–H groups in total. The van der Waals surface area contributed by atoms with Crippen molar-refractivity contribution >= 4 is 23.8 Å². The lowest BCUT2D eigenvalue weighted by molar-refractivity contribution is 0.414. The number of hydrazone groups is 1. The molecule has 0 amide bonds. The third-order valence-corrected chi connectivity index (χ3v) is 2.14. The van der Waals surface area contributed by atoms with Gasteiger partial charge in [-0.1, -0.05) is 16.7 Å². The quantitative estimate of drug-likeness (QED) is 0.633. The van der Waals surface area contributed by atoms with Crippen LogP contribution in [0.25, 0.3) is 0 Å². The number of halogens is 1. The first-order valence-corrected chi connectivity index (χ1v) is 5.03. The molecule has 2 rings (SSSR count). The number of H-pyrrole nitrogens is 1. The van der Waals surface area contributed by atoms with Crippen molar-refractivity contribution in [3.8, 4) is 5.75 Å². The Morgan fingerprint density at radius 1 is 1.53 bits per heavy atom.